The summed E-state index contributed by atoms with van der Waals surface area (Å²) in [5, 5.41) is 8.00. The standard InChI is InChI=1S/C16H18FN3O2S/c1-11-5-4-8-20(9-11)14(21)10-23-16-19-18-15(22-16)12-6-2-3-7-13(12)17/h2-3,6-7,11H,4-5,8-10H2,1H3. The highest BCUT2D eigenvalue weighted by Crippen LogP contribution is 2.25. The molecule has 1 aliphatic heterocycles. The molecule has 1 aromatic heterocycles. The van der Waals surface area contributed by atoms with Gasteiger partial charge in [-0.05, 0) is 30.9 Å². The van der Waals surface area contributed by atoms with Gasteiger partial charge in [0.05, 0.1) is 11.3 Å². The topological polar surface area (TPSA) is 59.2 Å². The average molecular weight is 335 g/mol. The minimum atomic E-state index is -0.411. The van der Waals surface area contributed by atoms with Gasteiger partial charge in [0.2, 0.25) is 5.91 Å². The molecular weight excluding hydrogens is 317 g/mol. The molecule has 0 saturated carbocycles. The molecule has 1 amide bonds. The van der Waals surface area contributed by atoms with E-state index in [0.717, 1.165) is 19.5 Å². The molecule has 1 saturated heterocycles. The first-order valence-electron chi connectivity index (χ1n) is 7.62. The van der Waals surface area contributed by atoms with Gasteiger partial charge in [0.25, 0.3) is 11.1 Å². The number of hydrogen-bond donors (Lipinski definition) is 0. The molecule has 0 N–H and O–H groups in total. The summed E-state index contributed by atoms with van der Waals surface area (Å²) in [5.74, 6) is 0.600. The Morgan fingerprint density at radius 1 is 1.43 bits per heavy atom. The van der Waals surface area contributed by atoms with Gasteiger partial charge in [-0.3, -0.25) is 4.79 Å². The number of aromatic nitrogens is 2. The average Bonchev–Trinajstić information content (AvgIpc) is 3.02. The first-order chi connectivity index (χ1) is 11.1. The molecule has 3 rings (SSSR count). The van der Waals surface area contributed by atoms with Crippen molar-refractivity contribution in [3.8, 4) is 11.5 Å². The lowest BCUT2D eigenvalue weighted by Crippen LogP contribution is -2.40. The van der Waals surface area contributed by atoms with E-state index in [1.807, 2.05) is 4.90 Å². The number of rotatable bonds is 4. The van der Waals surface area contributed by atoms with E-state index in [9.17, 15) is 9.18 Å². The SMILES string of the molecule is CC1CCCN(C(=O)CSc2nnc(-c3ccccc3F)o2)C1. The van der Waals surface area contributed by atoms with Crippen molar-refractivity contribution in [1.82, 2.24) is 15.1 Å². The number of nitrogens with zero attached hydrogens (tertiary/aromatic N) is 3. The van der Waals surface area contributed by atoms with Gasteiger partial charge in [0, 0.05) is 13.1 Å². The third-order valence-electron chi connectivity index (χ3n) is 3.84. The molecule has 122 valence electrons. The summed E-state index contributed by atoms with van der Waals surface area (Å²) >= 11 is 1.19. The monoisotopic (exact) mass is 335 g/mol. The van der Waals surface area contributed by atoms with Crippen LogP contribution in [-0.4, -0.2) is 39.8 Å². The van der Waals surface area contributed by atoms with Crippen molar-refractivity contribution in [1.29, 1.82) is 0 Å². The van der Waals surface area contributed by atoms with Crippen molar-refractivity contribution in [2.45, 2.75) is 25.0 Å². The van der Waals surface area contributed by atoms with E-state index < -0.39 is 5.82 Å². The van der Waals surface area contributed by atoms with Crippen LogP contribution in [0.4, 0.5) is 4.39 Å². The van der Waals surface area contributed by atoms with Crippen molar-refractivity contribution in [3.63, 3.8) is 0 Å². The van der Waals surface area contributed by atoms with Crippen molar-refractivity contribution < 1.29 is 13.6 Å². The largest absolute Gasteiger partial charge is 0.411 e. The van der Waals surface area contributed by atoms with E-state index in [1.54, 1.807) is 18.2 Å². The minimum Gasteiger partial charge on any atom is -0.411 e. The van der Waals surface area contributed by atoms with Crippen molar-refractivity contribution >= 4 is 17.7 Å². The van der Waals surface area contributed by atoms with E-state index in [-0.39, 0.29) is 28.3 Å². The zero-order valence-corrected chi connectivity index (χ0v) is 13.7. The number of carbonyl (C=O) groups excluding carboxylic acids is 1. The third-order valence-corrected chi connectivity index (χ3v) is 4.64. The fourth-order valence-electron chi connectivity index (χ4n) is 2.64. The third kappa shape index (κ3) is 3.90. The molecule has 23 heavy (non-hydrogen) atoms. The number of piperidine rings is 1. The summed E-state index contributed by atoms with van der Waals surface area (Å²) in [5.41, 5.74) is 0.267. The van der Waals surface area contributed by atoms with Gasteiger partial charge < -0.3 is 9.32 Å². The van der Waals surface area contributed by atoms with E-state index >= 15 is 0 Å². The second-order valence-corrected chi connectivity index (χ2v) is 6.66. The molecule has 0 spiro atoms. The molecule has 1 aromatic carbocycles. The lowest BCUT2D eigenvalue weighted by atomic mass is 10.0. The summed E-state index contributed by atoms with van der Waals surface area (Å²) in [6.45, 7) is 3.78. The summed E-state index contributed by atoms with van der Waals surface area (Å²) in [7, 11) is 0. The lowest BCUT2D eigenvalue weighted by molar-refractivity contribution is -0.130. The Bertz CT molecular complexity index is 691. The van der Waals surface area contributed by atoms with Crippen LogP contribution in [-0.2, 0) is 4.79 Å². The Hall–Kier alpha value is -1.89. The Kier molecular flexibility index (Phi) is 4.95. The first kappa shape index (κ1) is 16.0. The summed E-state index contributed by atoms with van der Waals surface area (Å²) in [6.07, 6.45) is 2.22. The predicted octanol–water partition coefficient (Wildman–Crippen LogP) is 3.23. The maximum Gasteiger partial charge on any atom is 0.277 e. The van der Waals surface area contributed by atoms with Gasteiger partial charge in [-0.15, -0.1) is 10.2 Å². The Balaban J connectivity index is 1.59. The first-order valence-corrected chi connectivity index (χ1v) is 8.61. The van der Waals surface area contributed by atoms with Gasteiger partial charge in [0.1, 0.15) is 5.82 Å². The minimum absolute atomic E-state index is 0.0761. The molecule has 0 radical (unpaired) electrons. The highest BCUT2D eigenvalue weighted by molar-refractivity contribution is 7.99. The highest BCUT2D eigenvalue weighted by atomic mass is 32.2. The fraction of sp³-hybridized carbons (Fsp3) is 0.438. The predicted molar refractivity (Wildman–Crippen MR) is 85.4 cm³/mol. The van der Waals surface area contributed by atoms with Crippen LogP contribution in [0.2, 0.25) is 0 Å². The van der Waals surface area contributed by atoms with E-state index in [4.69, 9.17) is 4.42 Å². The summed E-state index contributed by atoms with van der Waals surface area (Å²) in [6, 6.07) is 6.23. The maximum absolute atomic E-state index is 13.7. The van der Waals surface area contributed by atoms with Gasteiger partial charge in [-0.1, -0.05) is 30.8 Å². The van der Waals surface area contributed by atoms with E-state index in [1.165, 1.54) is 24.2 Å². The molecule has 1 aliphatic rings. The van der Waals surface area contributed by atoms with Gasteiger partial charge in [-0.25, -0.2) is 4.39 Å². The van der Waals surface area contributed by atoms with Crippen molar-refractivity contribution in [2.24, 2.45) is 5.92 Å². The lowest BCUT2D eigenvalue weighted by Gasteiger charge is -2.30. The number of benzene rings is 1. The molecule has 2 aromatic rings. The molecule has 2 heterocycles. The zero-order chi connectivity index (χ0) is 16.2. The van der Waals surface area contributed by atoms with Gasteiger partial charge >= 0.3 is 0 Å². The normalized spacial score (nSPS) is 18.2. The van der Waals surface area contributed by atoms with Crippen molar-refractivity contribution in [2.75, 3.05) is 18.8 Å². The highest BCUT2D eigenvalue weighted by Gasteiger charge is 2.22. The van der Waals surface area contributed by atoms with Crippen LogP contribution in [0.25, 0.3) is 11.5 Å². The molecule has 1 unspecified atom stereocenters. The fourth-order valence-corrected chi connectivity index (χ4v) is 3.31. The smallest absolute Gasteiger partial charge is 0.277 e. The quantitative estimate of drug-likeness (QED) is 0.803. The Morgan fingerprint density at radius 3 is 3.04 bits per heavy atom. The molecule has 0 aliphatic carbocycles. The number of thioether (sulfide) groups is 1. The van der Waals surface area contributed by atoms with Crippen LogP contribution in [0, 0.1) is 11.7 Å². The number of halogens is 1. The van der Waals surface area contributed by atoms with E-state index in [2.05, 4.69) is 17.1 Å². The molecule has 0 bridgehead atoms. The van der Waals surface area contributed by atoms with Crippen LogP contribution in [0.1, 0.15) is 19.8 Å². The zero-order valence-electron chi connectivity index (χ0n) is 12.9. The number of hydrogen-bond acceptors (Lipinski definition) is 5. The van der Waals surface area contributed by atoms with Crippen LogP contribution in [0.15, 0.2) is 33.9 Å². The molecule has 5 nitrogen and oxygen atoms in total. The van der Waals surface area contributed by atoms with Crippen LogP contribution in [0.3, 0.4) is 0 Å². The number of likely N-dealkylation sites (tertiary alicyclic amines) is 1. The van der Waals surface area contributed by atoms with Crippen molar-refractivity contribution in [3.05, 3.63) is 30.1 Å². The number of carbonyl (C=O) groups is 1. The van der Waals surface area contributed by atoms with Gasteiger partial charge in [0.15, 0.2) is 0 Å². The number of amides is 1. The van der Waals surface area contributed by atoms with E-state index in [0.29, 0.717) is 5.92 Å². The maximum atomic E-state index is 13.7. The molecule has 7 heteroatoms. The Labute approximate surface area is 138 Å². The van der Waals surface area contributed by atoms with Crippen LogP contribution in [0.5, 0.6) is 0 Å². The Morgan fingerprint density at radius 2 is 2.26 bits per heavy atom. The second kappa shape index (κ2) is 7.12. The second-order valence-electron chi connectivity index (χ2n) is 5.73. The molecular formula is C16H18FN3O2S. The van der Waals surface area contributed by atoms with Crippen LogP contribution < -0.4 is 0 Å². The van der Waals surface area contributed by atoms with Crippen LogP contribution >= 0.6 is 11.8 Å². The molecule has 1 fully saturated rings. The van der Waals surface area contributed by atoms with Gasteiger partial charge in [-0.2, -0.15) is 0 Å². The summed E-state index contributed by atoms with van der Waals surface area (Å²) in [4.78, 5) is 14.1. The molecule has 1 atom stereocenters. The summed E-state index contributed by atoms with van der Waals surface area (Å²) < 4.78 is 19.1.